The van der Waals surface area contributed by atoms with Crippen LogP contribution in [0.25, 0.3) is 0 Å². The molecule has 33 heavy (non-hydrogen) atoms. The van der Waals surface area contributed by atoms with Crippen LogP contribution in [0.1, 0.15) is 46.4 Å². The highest BCUT2D eigenvalue weighted by Crippen LogP contribution is 2.22. The average Bonchev–Trinajstić information content (AvgIpc) is 3.23. The Bertz CT molecular complexity index is 1230. The molecule has 0 spiro atoms. The number of thiazole rings is 1. The van der Waals surface area contributed by atoms with Crippen molar-refractivity contribution in [3.63, 3.8) is 0 Å². The maximum absolute atomic E-state index is 12.7. The van der Waals surface area contributed by atoms with Crippen molar-refractivity contribution in [2.24, 2.45) is 0 Å². The number of likely N-dealkylation sites (tertiary alicyclic amines) is 1. The van der Waals surface area contributed by atoms with Gasteiger partial charge in [-0.15, -0.1) is 11.3 Å². The normalized spacial score (nSPS) is 14.7. The molecule has 174 valence electrons. The van der Waals surface area contributed by atoms with Crippen LogP contribution in [-0.2, 0) is 16.6 Å². The number of hydrogen-bond acceptors (Lipinski definition) is 6. The van der Waals surface area contributed by atoms with Crippen molar-refractivity contribution in [3.05, 3.63) is 70.2 Å². The summed E-state index contributed by atoms with van der Waals surface area (Å²) >= 11 is 1.41. The second kappa shape index (κ2) is 10.0. The molecule has 2 heterocycles. The molecule has 1 amide bonds. The summed E-state index contributed by atoms with van der Waals surface area (Å²) in [5.41, 5.74) is 3.72. The van der Waals surface area contributed by atoms with Crippen LogP contribution in [0.4, 0.5) is 10.8 Å². The first kappa shape index (κ1) is 23.4. The summed E-state index contributed by atoms with van der Waals surface area (Å²) in [5.74, 6) is -0.280. The van der Waals surface area contributed by atoms with Crippen molar-refractivity contribution >= 4 is 38.1 Å². The largest absolute Gasteiger partial charge is 0.298 e. The van der Waals surface area contributed by atoms with E-state index in [1.54, 1.807) is 42.5 Å². The third-order valence-corrected chi connectivity index (χ3v) is 7.98. The van der Waals surface area contributed by atoms with Crippen LogP contribution in [0.2, 0.25) is 0 Å². The van der Waals surface area contributed by atoms with Gasteiger partial charge in [0.1, 0.15) is 0 Å². The van der Waals surface area contributed by atoms with Gasteiger partial charge in [-0.2, -0.15) is 0 Å². The molecule has 7 nitrogen and oxygen atoms in total. The third-order valence-electron chi connectivity index (χ3n) is 5.79. The molecule has 1 fully saturated rings. The van der Waals surface area contributed by atoms with Gasteiger partial charge < -0.3 is 0 Å². The predicted molar refractivity (Wildman–Crippen MR) is 132 cm³/mol. The number of carbonyl (C=O) groups is 1. The molecule has 3 aromatic rings. The van der Waals surface area contributed by atoms with Crippen LogP contribution >= 0.6 is 11.3 Å². The fourth-order valence-electron chi connectivity index (χ4n) is 3.74. The van der Waals surface area contributed by atoms with E-state index in [-0.39, 0.29) is 10.8 Å². The molecule has 2 aromatic carbocycles. The fourth-order valence-corrected chi connectivity index (χ4v) is 5.58. The Morgan fingerprint density at radius 1 is 1.03 bits per heavy atom. The standard InChI is InChI=1S/C24H28N4O3S2/c1-17-6-11-22(14-18(17)2)33(30,31)27-20-9-7-19(8-10-20)23(29)26-24-25-21(16-32-24)15-28-12-4-3-5-13-28/h6-11,14,16,27H,3-5,12-13,15H2,1-2H3,(H,25,26,29). The number of aryl methyl sites for hydroxylation is 2. The van der Waals surface area contributed by atoms with Gasteiger partial charge in [0.05, 0.1) is 10.6 Å². The molecule has 0 radical (unpaired) electrons. The highest BCUT2D eigenvalue weighted by molar-refractivity contribution is 7.92. The van der Waals surface area contributed by atoms with E-state index in [0.717, 1.165) is 36.5 Å². The minimum absolute atomic E-state index is 0.205. The molecule has 9 heteroatoms. The maximum atomic E-state index is 12.7. The van der Waals surface area contributed by atoms with Gasteiger partial charge in [-0.25, -0.2) is 13.4 Å². The van der Waals surface area contributed by atoms with Gasteiger partial charge in [0.25, 0.3) is 15.9 Å². The molecule has 2 N–H and O–H groups in total. The average molecular weight is 485 g/mol. The number of sulfonamides is 1. The first-order chi connectivity index (χ1) is 15.8. The maximum Gasteiger partial charge on any atom is 0.261 e. The van der Waals surface area contributed by atoms with Crippen molar-refractivity contribution in [2.75, 3.05) is 23.1 Å². The topological polar surface area (TPSA) is 91.4 Å². The van der Waals surface area contributed by atoms with E-state index in [0.29, 0.717) is 16.4 Å². The Hall–Kier alpha value is -2.75. The molecule has 1 aliphatic heterocycles. The molecule has 1 saturated heterocycles. The first-order valence-corrected chi connectivity index (χ1v) is 13.3. The quantitative estimate of drug-likeness (QED) is 0.503. The fraction of sp³-hybridized carbons (Fsp3) is 0.333. The molecule has 0 unspecified atom stereocenters. The Kier molecular flexibility index (Phi) is 7.11. The van der Waals surface area contributed by atoms with E-state index < -0.39 is 10.0 Å². The molecule has 1 aromatic heterocycles. The Morgan fingerprint density at radius 3 is 2.45 bits per heavy atom. The first-order valence-electron chi connectivity index (χ1n) is 11.0. The summed E-state index contributed by atoms with van der Waals surface area (Å²) in [7, 11) is -3.71. The lowest BCUT2D eigenvalue weighted by molar-refractivity contribution is 0.102. The summed E-state index contributed by atoms with van der Waals surface area (Å²) in [5, 5.41) is 5.37. The van der Waals surface area contributed by atoms with Gasteiger partial charge in [-0.1, -0.05) is 12.5 Å². The number of rotatable bonds is 7. The van der Waals surface area contributed by atoms with Gasteiger partial charge in [-0.05, 0) is 87.3 Å². The number of hydrogen-bond donors (Lipinski definition) is 2. The van der Waals surface area contributed by atoms with Crippen molar-refractivity contribution in [1.82, 2.24) is 9.88 Å². The summed E-state index contributed by atoms with van der Waals surface area (Å²) in [4.78, 5) is 19.7. The lowest BCUT2D eigenvalue weighted by Gasteiger charge is -2.25. The van der Waals surface area contributed by atoms with E-state index in [2.05, 4.69) is 19.9 Å². The van der Waals surface area contributed by atoms with Gasteiger partial charge in [0.15, 0.2) is 5.13 Å². The molecule has 0 bridgehead atoms. The van der Waals surface area contributed by atoms with Gasteiger partial charge in [0.2, 0.25) is 0 Å². The van der Waals surface area contributed by atoms with Crippen molar-refractivity contribution < 1.29 is 13.2 Å². The van der Waals surface area contributed by atoms with E-state index >= 15 is 0 Å². The SMILES string of the molecule is Cc1ccc(S(=O)(=O)Nc2ccc(C(=O)Nc3nc(CN4CCCCC4)cs3)cc2)cc1C. The van der Waals surface area contributed by atoms with Crippen LogP contribution in [0, 0.1) is 13.8 Å². The van der Waals surface area contributed by atoms with E-state index in [1.807, 2.05) is 19.2 Å². The smallest absolute Gasteiger partial charge is 0.261 e. The second-order valence-corrected chi connectivity index (χ2v) is 10.9. The van der Waals surface area contributed by atoms with E-state index in [9.17, 15) is 13.2 Å². The summed E-state index contributed by atoms with van der Waals surface area (Å²) < 4.78 is 27.9. The number of aromatic nitrogens is 1. The van der Waals surface area contributed by atoms with Gasteiger partial charge >= 0.3 is 0 Å². The number of nitrogens with one attached hydrogen (secondary N) is 2. The van der Waals surface area contributed by atoms with Crippen LogP contribution in [0.15, 0.2) is 52.7 Å². The van der Waals surface area contributed by atoms with Crippen LogP contribution in [-0.4, -0.2) is 37.3 Å². The number of piperidine rings is 1. The zero-order chi connectivity index (χ0) is 23.4. The monoisotopic (exact) mass is 484 g/mol. The zero-order valence-corrected chi connectivity index (χ0v) is 20.4. The molecular formula is C24H28N4O3S2. The second-order valence-electron chi connectivity index (χ2n) is 8.36. The van der Waals surface area contributed by atoms with Gasteiger partial charge in [-0.3, -0.25) is 19.7 Å². The molecule has 4 rings (SSSR count). The highest BCUT2D eigenvalue weighted by atomic mass is 32.2. The lowest BCUT2D eigenvalue weighted by atomic mass is 10.1. The predicted octanol–water partition coefficient (Wildman–Crippen LogP) is 4.80. The Balaban J connectivity index is 1.36. The number of anilines is 2. The molecule has 0 atom stereocenters. The van der Waals surface area contributed by atoms with Gasteiger partial charge in [0, 0.05) is 23.2 Å². The van der Waals surface area contributed by atoms with Crippen molar-refractivity contribution in [2.45, 2.75) is 44.6 Å². The highest BCUT2D eigenvalue weighted by Gasteiger charge is 2.16. The third kappa shape index (κ3) is 5.98. The molecule has 0 saturated carbocycles. The summed E-state index contributed by atoms with van der Waals surface area (Å²) in [6.07, 6.45) is 3.75. The zero-order valence-electron chi connectivity index (χ0n) is 18.8. The number of amides is 1. The van der Waals surface area contributed by atoms with E-state index in [1.165, 1.54) is 30.6 Å². The summed E-state index contributed by atoms with van der Waals surface area (Å²) in [6, 6.07) is 11.4. The molecular weight excluding hydrogens is 456 g/mol. The van der Waals surface area contributed by atoms with Crippen LogP contribution in [0.5, 0.6) is 0 Å². The molecule has 1 aliphatic rings. The van der Waals surface area contributed by atoms with Crippen LogP contribution in [0.3, 0.4) is 0 Å². The van der Waals surface area contributed by atoms with E-state index in [4.69, 9.17) is 0 Å². The number of benzene rings is 2. The Labute approximate surface area is 198 Å². The number of carbonyl (C=O) groups excluding carboxylic acids is 1. The molecule has 0 aliphatic carbocycles. The summed E-state index contributed by atoms with van der Waals surface area (Å²) in [6.45, 7) is 6.81. The van der Waals surface area contributed by atoms with Crippen molar-refractivity contribution in [1.29, 1.82) is 0 Å². The Morgan fingerprint density at radius 2 is 1.76 bits per heavy atom. The minimum Gasteiger partial charge on any atom is -0.298 e. The van der Waals surface area contributed by atoms with Crippen molar-refractivity contribution in [3.8, 4) is 0 Å². The lowest BCUT2D eigenvalue weighted by Crippen LogP contribution is -2.29. The number of nitrogens with zero attached hydrogens (tertiary/aromatic N) is 2. The van der Waals surface area contributed by atoms with Crippen LogP contribution < -0.4 is 10.0 Å². The minimum atomic E-state index is -3.71.